The number of carbonyl (C=O) groups is 2. The number of halogens is 1. The molecule has 0 saturated carbocycles. The SMILES string of the molecule is CC1(C)Oc2cccc(CN(C(=O)O)C(=O)CCCCl)c2O1. The lowest BCUT2D eigenvalue weighted by Gasteiger charge is -2.19. The van der Waals surface area contributed by atoms with Crippen molar-refractivity contribution in [1.82, 2.24) is 4.90 Å². The zero-order valence-electron chi connectivity index (χ0n) is 12.5. The number of hydrogen-bond acceptors (Lipinski definition) is 4. The Hall–Kier alpha value is -1.95. The summed E-state index contributed by atoms with van der Waals surface area (Å²) in [5.41, 5.74) is 0.588. The van der Waals surface area contributed by atoms with Gasteiger partial charge in [-0.2, -0.15) is 0 Å². The van der Waals surface area contributed by atoms with Gasteiger partial charge in [-0.15, -0.1) is 11.6 Å². The first-order valence-electron chi connectivity index (χ1n) is 6.93. The zero-order valence-corrected chi connectivity index (χ0v) is 13.2. The van der Waals surface area contributed by atoms with E-state index < -0.39 is 17.8 Å². The number of nitrogens with zero attached hydrogens (tertiary/aromatic N) is 1. The van der Waals surface area contributed by atoms with Gasteiger partial charge in [0.15, 0.2) is 11.5 Å². The van der Waals surface area contributed by atoms with Crippen LogP contribution in [0.25, 0.3) is 0 Å². The molecule has 22 heavy (non-hydrogen) atoms. The third-order valence-corrected chi connectivity index (χ3v) is 3.42. The van der Waals surface area contributed by atoms with Crippen LogP contribution < -0.4 is 9.47 Å². The quantitative estimate of drug-likeness (QED) is 0.840. The van der Waals surface area contributed by atoms with Crippen LogP contribution in [0.2, 0.25) is 0 Å². The first-order valence-corrected chi connectivity index (χ1v) is 7.46. The molecule has 1 aromatic rings. The Labute approximate surface area is 133 Å². The van der Waals surface area contributed by atoms with Crippen LogP contribution in [-0.2, 0) is 11.3 Å². The number of alkyl halides is 1. The Balaban J connectivity index is 2.21. The summed E-state index contributed by atoms with van der Waals surface area (Å²) < 4.78 is 11.3. The Kier molecular flexibility index (Phi) is 4.81. The molecule has 0 aliphatic carbocycles. The van der Waals surface area contributed by atoms with Gasteiger partial charge in [-0.05, 0) is 12.5 Å². The average molecular weight is 328 g/mol. The molecular weight excluding hydrogens is 310 g/mol. The van der Waals surface area contributed by atoms with Crippen molar-refractivity contribution in [2.24, 2.45) is 0 Å². The molecule has 0 unspecified atom stereocenters. The van der Waals surface area contributed by atoms with Gasteiger partial charge in [-0.3, -0.25) is 4.79 Å². The fraction of sp³-hybridized carbons (Fsp3) is 0.467. The van der Waals surface area contributed by atoms with Crippen molar-refractivity contribution >= 4 is 23.6 Å². The molecule has 120 valence electrons. The van der Waals surface area contributed by atoms with Crippen LogP contribution in [0.15, 0.2) is 18.2 Å². The van der Waals surface area contributed by atoms with Crippen LogP contribution in [-0.4, -0.2) is 33.7 Å². The van der Waals surface area contributed by atoms with E-state index in [9.17, 15) is 14.7 Å². The predicted molar refractivity (Wildman–Crippen MR) is 80.3 cm³/mol. The fourth-order valence-corrected chi connectivity index (χ4v) is 2.33. The number of fused-ring (bicyclic) bond motifs is 1. The Morgan fingerprint density at radius 1 is 1.32 bits per heavy atom. The summed E-state index contributed by atoms with van der Waals surface area (Å²) in [6.07, 6.45) is -0.771. The minimum atomic E-state index is -1.30. The molecule has 0 saturated heterocycles. The van der Waals surface area contributed by atoms with Gasteiger partial charge in [0.25, 0.3) is 0 Å². The second-order valence-corrected chi connectivity index (χ2v) is 5.78. The summed E-state index contributed by atoms with van der Waals surface area (Å²) in [6, 6.07) is 5.20. The molecule has 7 heteroatoms. The molecule has 0 atom stereocenters. The summed E-state index contributed by atoms with van der Waals surface area (Å²) >= 11 is 5.54. The largest absolute Gasteiger partial charge is 0.465 e. The van der Waals surface area contributed by atoms with Crippen molar-refractivity contribution in [2.75, 3.05) is 5.88 Å². The van der Waals surface area contributed by atoms with Crippen LogP contribution in [0.4, 0.5) is 4.79 Å². The van der Waals surface area contributed by atoms with Gasteiger partial charge in [0.2, 0.25) is 11.7 Å². The molecule has 1 heterocycles. The van der Waals surface area contributed by atoms with Crippen molar-refractivity contribution in [3.8, 4) is 11.5 Å². The molecule has 6 nitrogen and oxygen atoms in total. The fourth-order valence-electron chi connectivity index (χ4n) is 2.20. The third kappa shape index (κ3) is 3.62. The Morgan fingerprint density at radius 3 is 2.68 bits per heavy atom. The summed E-state index contributed by atoms with van der Waals surface area (Å²) in [5, 5.41) is 9.26. The minimum Gasteiger partial charge on any atom is -0.465 e. The first-order chi connectivity index (χ1) is 10.3. The number of hydrogen-bond donors (Lipinski definition) is 1. The van der Waals surface area contributed by atoms with E-state index in [-0.39, 0.29) is 13.0 Å². The number of imide groups is 1. The lowest BCUT2D eigenvalue weighted by Crippen LogP contribution is -2.35. The number of carbonyl (C=O) groups excluding carboxylic acids is 1. The van der Waals surface area contributed by atoms with E-state index in [2.05, 4.69) is 0 Å². The predicted octanol–water partition coefficient (Wildman–Crippen LogP) is 3.22. The van der Waals surface area contributed by atoms with Crippen LogP contribution in [0.1, 0.15) is 32.3 Å². The van der Waals surface area contributed by atoms with E-state index in [1.165, 1.54) is 0 Å². The zero-order chi connectivity index (χ0) is 16.3. The van der Waals surface area contributed by atoms with Gasteiger partial charge in [0.05, 0.1) is 6.54 Å². The molecule has 0 spiro atoms. The second kappa shape index (κ2) is 6.44. The van der Waals surface area contributed by atoms with Crippen LogP contribution in [0, 0.1) is 0 Å². The number of benzene rings is 1. The summed E-state index contributed by atoms with van der Waals surface area (Å²) in [6.45, 7) is 3.44. The molecule has 1 N–H and O–H groups in total. The molecule has 1 aliphatic heterocycles. The topological polar surface area (TPSA) is 76.1 Å². The van der Waals surface area contributed by atoms with Crippen molar-refractivity contribution < 1.29 is 24.2 Å². The van der Waals surface area contributed by atoms with Gasteiger partial charge in [-0.1, -0.05) is 12.1 Å². The van der Waals surface area contributed by atoms with Crippen molar-refractivity contribution in [3.05, 3.63) is 23.8 Å². The number of carboxylic acid groups (broad SMARTS) is 1. The maximum Gasteiger partial charge on any atom is 0.414 e. The average Bonchev–Trinajstić information content (AvgIpc) is 2.76. The molecule has 1 aliphatic rings. The van der Waals surface area contributed by atoms with E-state index in [1.54, 1.807) is 32.0 Å². The maximum atomic E-state index is 12.0. The lowest BCUT2D eigenvalue weighted by molar-refractivity contribution is -0.129. The number of rotatable bonds is 5. The van der Waals surface area contributed by atoms with Crippen LogP contribution in [0.5, 0.6) is 11.5 Å². The third-order valence-electron chi connectivity index (χ3n) is 3.15. The first kappa shape index (κ1) is 16.4. The highest BCUT2D eigenvalue weighted by molar-refractivity contribution is 6.17. The Bertz CT molecular complexity index is 587. The van der Waals surface area contributed by atoms with E-state index in [0.717, 1.165) is 4.90 Å². The van der Waals surface area contributed by atoms with Gasteiger partial charge >= 0.3 is 6.09 Å². The molecule has 0 fully saturated rings. The van der Waals surface area contributed by atoms with Crippen LogP contribution in [0.3, 0.4) is 0 Å². The highest BCUT2D eigenvalue weighted by Gasteiger charge is 2.34. The molecule has 0 bridgehead atoms. The monoisotopic (exact) mass is 327 g/mol. The highest BCUT2D eigenvalue weighted by atomic mass is 35.5. The normalized spacial score (nSPS) is 14.7. The van der Waals surface area contributed by atoms with Gasteiger partial charge in [-0.25, -0.2) is 9.69 Å². The van der Waals surface area contributed by atoms with Gasteiger partial charge < -0.3 is 14.6 Å². The van der Waals surface area contributed by atoms with E-state index in [1.807, 2.05) is 0 Å². The number of ether oxygens (including phenoxy) is 2. The van der Waals surface area contributed by atoms with Crippen molar-refractivity contribution in [1.29, 1.82) is 0 Å². The molecule has 0 radical (unpaired) electrons. The molecular formula is C15H18ClNO5. The smallest absolute Gasteiger partial charge is 0.414 e. The molecule has 2 rings (SSSR count). The molecule has 0 aromatic heterocycles. The second-order valence-electron chi connectivity index (χ2n) is 5.40. The maximum absolute atomic E-state index is 12.0. The Morgan fingerprint density at radius 2 is 2.05 bits per heavy atom. The summed E-state index contributed by atoms with van der Waals surface area (Å²) in [7, 11) is 0. The highest BCUT2D eigenvalue weighted by Crippen LogP contribution is 2.42. The standard InChI is InChI=1S/C15H18ClNO5/c1-15(2)21-11-6-3-5-10(13(11)22-15)9-17(14(19)20)12(18)7-4-8-16/h3,5-6H,4,7-9H2,1-2H3,(H,19,20). The van der Waals surface area contributed by atoms with E-state index >= 15 is 0 Å². The van der Waals surface area contributed by atoms with Gasteiger partial charge in [0, 0.05) is 31.7 Å². The summed E-state index contributed by atoms with van der Waals surface area (Å²) in [5.74, 6) is 0.0362. The number of para-hydroxylation sites is 1. The molecule has 2 amide bonds. The van der Waals surface area contributed by atoms with Crippen molar-refractivity contribution in [3.63, 3.8) is 0 Å². The summed E-state index contributed by atoms with van der Waals surface area (Å²) in [4.78, 5) is 24.1. The minimum absolute atomic E-state index is 0.0843. The van der Waals surface area contributed by atoms with E-state index in [0.29, 0.717) is 29.4 Å². The van der Waals surface area contributed by atoms with Crippen molar-refractivity contribution in [2.45, 2.75) is 39.0 Å². The van der Waals surface area contributed by atoms with E-state index in [4.69, 9.17) is 21.1 Å². The number of amides is 2. The van der Waals surface area contributed by atoms with Gasteiger partial charge in [0.1, 0.15) is 0 Å². The lowest BCUT2D eigenvalue weighted by atomic mass is 10.1. The molecule has 1 aromatic carbocycles. The van der Waals surface area contributed by atoms with Crippen LogP contribution >= 0.6 is 11.6 Å².